The van der Waals surface area contributed by atoms with Crippen LogP contribution in [-0.4, -0.2) is 16.3 Å². The largest absolute Gasteiger partial charge is 0.573 e. The van der Waals surface area contributed by atoms with Gasteiger partial charge < -0.3 is 15.5 Å². The van der Waals surface area contributed by atoms with Crippen molar-refractivity contribution in [3.05, 3.63) is 36.7 Å². The first-order valence-corrected chi connectivity index (χ1v) is 5.38. The molecule has 0 amide bonds. The van der Waals surface area contributed by atoms with Gasteiger partial charge in [-0.25, -0.2) is 15.8 Å². The summed E-state index contributed by atoms with van der Waals surface area (Å²) in [6.45, 7) is 0. The number of hydrogen-bond acceptors (Lipinski definition) is 6. The van der Waals surface area contributed by atoms with Crippen LogP contribution in [0.15, 0.2) is 36.7 Å². The third-order valence-electron chi connectivity index (χ3n) is 2.15. The third-order valence-corrected chi connectivity index (χ3v) is 2.15. The summed E-state index contributed by atoms with van der Waals surface area (Å²) in [5, 5.41) is 2.81. The van der Waals surface area contributed by atoms with Crippen molar-refractivity contribution in [1.82, 2.24) is 9.97 Å². The van der Waals surface area contributed by atoms with E-state index in [1.165, 1.54) is 30.6 Å². The monoisotopic (exact) mass is 285 g/mol. The van der Waals surface area contributed by atoms with Gasteiger partial charge in [-0.2, -0.15) is 0 Å². The molecule has 6 nitrogen and oxygen atoms in total. The van der Waals surface area contributed by atoms with Crippen molar-refractivity contribution >= 4 is 17.3 Å². The molecule has 0 unspecified atom stereocenters. The molecule has 0 spiro atoms. The van der Waals surface area contributed by atoms with Gasteiger partial charge in [-0.1, -0.05) is 6.07 Å². The molecule has 0 bridgehead atoms. The molecular formula is C11H10F3N5O. The van der Waals surface area contributed by atoms with Gasteiger partial charge in [0, 0.05) is 17.8 Å². The predicted octanol–water partition coefficient (Wildman–Crippen LogP) is 2.40. The number of benzene rings is 1. The lowest BCUT2D eigenvalue weighted by molar-refractivity contribution is -0.274. The van der Waals surface area contributed by atoms with E-state index >= 15 is 0 Å². The molecular weight excluding hydrogens is 275 g/mol. The summed E-state index contributed by atoms with van der Waals surface area (Å²) in [4.78, 5) is 7.71. The Morgan fingerprint density at radius 3 is 2.55 bits per heavy atom. The molecule has 1 aromatic carbocycles. The van der Waals surface area contributed by atoms with E-state index in [0.717, 1.165) is 0 Å². The van der Waals surface area contributed by atoms with Crippen LogP contribution in [0.2, 0.25) is 0 Å². The number of halogens is 3. The number of rotatable bonds is 4. The Hall–Kier alpha value is -2.55. The SMILES string of the molecule is NNc1cc(Nc2cccc(OC(F)(F)F)c2)ncn1. The molecule has 0 aliphatic heterocycles. The van der Waals surface area contributed by atoms with Gasteiger partial charge in [-0.05, 0) is 12.1 Å². The number of nitrogen functional groups attached to an aromatic ring is 1. The highest BCUT2D eigenvalue weighted by Gasteiger charge is 2.31. The summed E-state index contributed by atoms with van der Waals surface area (Å²) in [5.41, 5.74) is 2.71. The number of alkyl halides is 3. The summed E-state index contributed by atoms with van der Waals surface area (Å²) < 4.78 is 40.2. The molecule has 0 fully saturated rings. The molecule has 0 saturated carbocycles. The lowest BCUT2D eigenvalue weighted by Gasteiger charge is -2.11. The number of aromatic nitrogens is 2. The van der Waals surface area contributed by atoms with E-state index in [9.17, 15) is 13.2 Å². The summed E-state index contributed by atoms with van der Waals surface area (Å²) in [6, 6.07) is 6.89. The van der Waals surface area contributed by atoms with Gasteiger partial charge >= 0.3 is 6.36 Å². The Labute approximate surface area is 111 Å². The van der Waals surface area contributed by atoms with E-state index in [0.29, 0.717) is 17.3 Å². The topological polar surface area (TPSA) is 85.1 Å². The van der Waals surface area contributed by atoms with Gasteiger partial charge in [0.1, 0.15) is 23.7 Å². The number of nitrogens with two attached hydrogens (primary N) is 1. The lowest BCUT2D eigenvalue weighted by Crippen LogP contribution is -2.17. The number of nitrogens with one attached hydrogen (secondary N) is 2. The molecule has 2 aromatic rings. The zero-order chi connectivity index (χ0) is 14.6. The maximum Gasteiger partial charge on any atom is 0.573 e. The highest BCUT2D eigenvalue weighted by molar-refractivity contribution is 5.60. The Morgan fingerprint density at radius 2 is 1.85 bits per heavy atom. The number of anilines is 3. The molecule has 0 saturated heterocycles. The molecule has 2 rings (SSSR count). The van der Waals surface area contributed by atoms with Crippen molar-refractivity contribution in [2.75, 3.05) is 10.7 Å². The second-order valence-corrected chi connectivity index (χ2v) is 3.63. The van der Waals surface area contributed by atoms with E-state index in [2.05, 4.69) is 25.4 Å². The summed E-state index contributed by atoms with van der Waals surface area (Å²) in [6.07, 6.45) is -3.47. The van der Waals surface area contributed by atoms with Crippen LogP contribution in [0.4, 0.5) is 30.5 Å². The van der Waals surface area contributed by atoms with Gasteiger partial charge in [0.05, 0.1) is 0 Å². The quantitative estimate of drug-likeness (QED) is 0.591. The number of hydrogen-bond donors (Lipinski definition) is 3. The van der Waals surface area contributed by atoms with Crippen LogP contribution < -0.4 is 21.3 Å². The smallest absolute Gasteiger partial charge is 0.406 e. The average molecular weight is 285 g/mol. The average Bonchev–Trinajstić information content (AvgIpc) is 2.37. The first kappa shape index (κ1) is 13.9. The second kappa shape index (κ2) is 5.61. The van der Waals surface area contributed by atoms with Crippen LogP contribution in [0.5, 0.6) is 5.75 Å². The van der Waals surface area contributed by atoms with Crippen molar-refractivity contribution in [1.29, 1.82) is 0 Å². The maximum absolute atomic E-state index is 12.1. The van der Waals surface area contributed by atoms with Crippen LogP contribution in [0.1, 0.15) is 0 Å². The van der Waals surface area contributed by atoms with Crippen LogP contribution in [0.25, 0.3) is 0 Å². The Kier molecular flexibility index (Phi) is 3.89. The van der Waals surface area contributed by atoms with Crippen molar-refractivity contribution < 1.29 is 17.9 Å². The highest BCUT2D eigenvalue weighted by Crippen LogP contribution is 2.26. The van der Waals surface area contributed by atoms with Gasteiger partial charge in [0.15, 0.2) is 0 Å². The van der Waals surface area contributed by atoms with Gasteiger partial charge in [0.25, 0.3) is 0 Å². The summed E-state index contributed by atoms with van der Waals surface area (Å²) >= 11 is 0. The lowest BCUT2D eigenvalue weighted by atomic mass is 10.3. The standard InChI is InChI=1S/C11H10F3N5O/c12-11(13,14)20-8-3-1-2-7(4-8)18-9-5-10(19-15)17-6-16-9/h1-6H,15H2,(H2,16,17,18,19). The van der Waals surface area contributed by atoms with Crippen LogP contribution in [0, 0.1) is 0 Å². The number of hydrazine groups is 1. The molecule has 0 aliphatic rings. The summed E-state index contributed by atoms with van der Waals surface area (Å²) in [5.74, 6) is 5.61. The predicted molar refractivity (Wildman–Crippen MR) is 66.2 cm³/mol. The molecule has 20 heavy (non-hydrogen) atoms. The van der Waals surface area contributed by atoms with E-state index in [4.69, 9.17) is 5.84 Å². The first-order valence-electron chi connectivity index (χ1n) is 5.38. The van der Waals surface area contributed by atoms with Crippen LogP contribution in [-0.2, 0) is 0 Å². The van der Waals surface area contributed by atoms with Gasteiger partial charge in [-0.15, -0.1) is 13.2 Å². The van der Waals surface area contributed by atoms with Crippen LogP contribution >= 0.6 is 0 Å². The first-order chi connectivity index (χ1) is 9.46. The third kappa shape index (κ3) is 3.99. The fourth-order valence-electron chi connectivity index (χ4n) is 1.42. The Bertz CT molecular complexity index is 590. The van der Waals surface area contributed by atoms with E-state index in [-0.39, 0.29) is 5.75 Å². The van der Waals surface area contributed by atoms with E-state index in [1.54, 1.807) is 6.07 Å². The van der Waals surface area contributed by atoms with Crippen molar-refractivity contribution in [2.24, 2.45) is 5.84 Å². The molecule has 1 heterocycles. The molecule has 9 heteroatoms. The van der Waals surface area contributed by atoms with Gasteiger partial charge in [-0.3, -0.25) is 0 Å². The molecule has 106 valence electrons. The molecule has 0 atom stereocenters. The Morgan fingerprint density at radius 1 is 1.10 bits per heavy atom. The van der Waals surface area contributed by atoms with Crippen molar-refractivity contribution in [3.63, 3.8) is 0 Å². The maximum atomic E-state index is 12.1. The minimum absolute atomic E-state index is 0.325. The van der Waals surface area contributed by atoms with Crippen molar-refractivity contribution in [3.8, 4) is 5.75 Å². The fraction of sp³-hybridized carbons (Fsp3) is 0.0909. The molecule has 4 N–H and O–H groups in total. The van der Waals surface area contributed by atoms with Gasteiger partial charge in [0.2, 0.25) is 0 Å². The zero-order valence-electron chi connectivity index (χ0n) is 9.98. The van der Waals surface area contributed by atoms with Crippen molar-refractivity contribution in [2.45, 2.75) is 6.36 Å². The normalized spacial score (nSPS) is 11.0. The summed E-state index contributed by atoms with van der Waals surface area (Å²) in [7, 11) is 0. The van der Waals surface area contributed by atoms with E-state index in [1.807, 2.05) is 0 Å². The van der Waals surface area contributed by atoms with E-state index < -0.39 is 6.36 Å². The number of ether oxygens (including phenoxy) is 1. The highest BCUT2D eigenvalue weighted by atomic mass is 19.4. The molecule has 1 aromatic heterocycles. The minimum Gasteiger partial charge on any atom is -0.406 e. The fourth-order valence-corrected chi connectivity index (χ4v) is 1.42. The Balaban J connectivity index is 2.15. The minimum atomic E-state index is -4.73. The number of nitrogens with zero attached hydrogens (tertiary/aromatic N) is 2. The molecule has 0 radical (unpaired) electrons. The van der Waals surface area contributed by atoms with Crippen LogP contribution in [0.3, 0.4) is 0 Å². The zero-order valence-corrected chi connectivity index (χ0v) is 9.98. The molecule has 0 aliphatic carbocycles. The second-order valence-electron chi connectivity index (χ2n) is 3.63.